The molecule has 2 amide bonds. The first kappa shape index (κ1) is 20.9. The standard InChI is InChI=1S/C24H24N2O4/c1-17(30-20-12-8-11-19(15-20)29-2)23(27)26-22-14-7-6-13-21(22)24(28)25-16-18-9-4-3-5-10-18/h3-15,17H,16H2,1-2H3,(H,25,28)(H,26,27)/t17-/m1/s1. The Labute approximate surface area is 175 Å². The predicted octanol–water partition coefficient (Wildman–Crippen LogP) is 4.03. The van der Waals surface area contributed by atoms with Gasteiger partial charge in [0, 0.05) is 12.6 Å². The number of ether oxygens (including phenoxy) is 2. The van der Waals surface area contributed by atoms with Crippen molar-refractivity contribution in [3.05, 3.63) is 90.0 Å². The number of hydrogen-bond donors (Lipinski definition) is 2. The molecule has 0 spiro atoms. The second-order valence-electron chi connectivity index (χ2n) is 6.64. The molecule has 0 saturated heterocycles. The van der Waals surface area contributed by atoms with Crippen LogP contribution in [0.3, 0.4) is 0 Å². The van der Waals surface area contributed by atoms with E-state index < -0.39 is 6.10 Å². The average Bonchev–Trinajstić information content (AvgIpc) is 2.78. The minimum atomic E-state index is -0.766. The van der Waals surface area contributed by atoms with Crippen LogP contribution >= 0.6 is 0 Å². The highest BCUT2D eigenvalue weighted by Gasteiger charge is 2.18. The summed E-state index contributed by atoms with van der Waals surface area (Å²) in [5.74, 6) is 0.531. The van der Waals surface area contributed by atoms with Gasteiger partial charge >= 0.3 is 0 Å². The second kappa shape index (κ2) is 10.1. The lowest BCUT2D eigenvalue weighted by Crippen LogP contribution is -2.31. The molecule has 0 unspecified atom stereocenters. The Balaban J connectivity index is 1.64. The summed E-state index contributed by atoms with van der Waals surface area (Å²) in [6, 6.07) is 23.5. The molecule has 0 fully saturated rings. The molecule has 0 aliphatic heterocycles. The average molecular weight is 404 g/mol. The number of carbonyl (C=O) groups excluding carboxylic acids is 2. The largest absolute Gasteiger partial charge is 0.497 e. The third kappa shape index (κ3) is 5.61. The van der Waals surface area contributed by atoms with Gasteiger partial charge in [-0.25, -0.2) is 0 Å². The summed E-state index contributed by atoms with van der Waals surface area (Å²) in [6.45, 7) is 2.05. The summed E-state index contributed by atoms with van der Waals surface area (Å²) >= 11 is 0. The predicted molar refractivity (Wildman–Crippen MR) is 116 cm³/mol. The van der Waals surface area contributed by atoms with Crippen molar-refractivity contribution in [3.8, 4) is 11.5 Å². The number of carbonyl (C=O) groups is 2. The summed E-state index contributed by atoms with van der Waals surface area (Å²) in [4.78, 5) is 25.3. The summed E-state index contributed by atoms with van der Waals surface area (Å²) in [7, 11) is 1.56. The zero-order chi connectivity index (χ0) is 21.3. The van der Waals surface area contributed by atoms with Gasteiger partial charge in [-0.3, -0.25) is 9.59 Å². The Bertz CT molecular complexity index is 1000. The van der Waals surface area contributed by atoms with Crippen molar-refractivity contribution in [2.75, 3.05) is 12.4 Å². The Morgan fingerprint density at radius 1 is 0.900 bits per heavy atom. The summed E-state index contributed by atoms with van der Waals surface area (Å²) in [5, 5.41) is 5.66. The van der Waals surface area contributed by atoms with Crippen LogP contribution in [0.1, 0.15) is 22.8 Å². The number of benzene rings is 3. The number of anilines is 1. The number of hydrogen-bond acceptors (Lipinski definition) is 4. The molecule has 3 aromatic rings. The zero-order valence-electron chi connectivity index (χ0n) is 16.9. The van der Waals surface area contributed by atoms with E-state index in [2.05, 4.69) is 10.6 Å². The van der Waals surface area contributed by atoms with E-state index >= 15 is 0 Å². The molecule has 2 N–H and O–H groups in total. The minimum Gasteiger partial charge on any atom is -0.497 e. The molecule has 0 heterocycles. The van der Waals surface area contributed by atoms with Gasteiger partial charge in [-0.15, -0.1) is 0 Å². The molecule has 154 valence electrons. The maximum absolute atomic E-state index is 12.6. The molecule has 3 rings (SSSR count). The SMILES string of the molecule is COc1cccc(O[C@H](C)C(=O)Nc2ccccc2C(=O)NCc2ccccc2)c1. The van der Waals surface area contributed by atoms with E-state index in [0.717, 1.165) is 5.56 Å². The van der Waals surface area contributed by atoms with Gasteiger partial charge in [0.05, 0.1) is 18.4 Å². The smallest absolute Gasteiger partial charge is 0.265 e. The van der Waals surface area contributed by atoms with E-state index in [0.29, 0.717) is 29.3 Å². The highest BCUT2D eigenvalue weighted by molar-refractivity contribution is 6.04. The lowest BCUT2D eigenvalue weighted by atomic mass is 10.1. The summed E-state index contributed by atoms with van der Waals surface area (Å²) in [5.41, 5.74) is 1.80. The highest BCUT2D eigenvalue weighted by Crippen LogP contribution is 2.21. The normalized spacial score (nSPS) is 11.3. The first-order chi connectivity index (χ1) is 14.6. The minimum absolute atomic E-state index is 0.267. The Morgan fingerprint density at radius 2 is 1.60 bits per heavy atom. The summed E-state index contributed by atoms with van der Waals surface area (Å²) < 4.78 is 10.9. The molecule has 6 nitrogen and oxygen atoms in total. The monoisotopic (exact) mass is 404 g/mol. The lowest BCUT2D eigenvalue weighted by molar-refractivity contribution is -0.122. The van der Waals surface area contributed by atoms with E-state index in [1.54, 1.807) is 62.6 Å². The molecule has 0 radical (unpaired) electrons. The van der Waals surface area contributed by atoms with Crippen LogP contribution in [-0.4, -0.2) is 25.0 Å². The van der Waals surface area contributed by atoms with Crippen LogP contribution < -0.4 is 20.1 Å². The van der Waals surface area contributed by atoms with E-state index in [1.165, 1.54) is 0 Å². The Morgan fingerprint density at radius 3 is 2.37 bits per heavy atom. The lowest BCUT2D eigenvalue weighted by Gasteiger charge is -2.17. The van der Waals surface area contributed by atoms with E-state index in [9.17, 15) is 9.59 Å². The van der Waals surface area contributed by atoms with Gasteiger partial charge in [-0.05, 0) is 36.8 Å². The maximum Gasteiger partial charge on any atom is 0.265 e. The molecule has 0 bridgehead atoms. The van der Waals surface area contributed by atoms with Crippen LogP contribution in [-0.2, 0) is 11.3 Å². The highest BCUT2D eigenvalue weighted by atomic mass is 16.5. The number of rotatable bonds is 8. The molecule has 3 aromatic carbocycles. The zero-order valence-corrected chi connectivity index (χ0v) is 16.9. The van der Waals surface area contributed by atoms with Crippen molar-refractivity contribution in [1.82, 2.24) is 5.32 Å². The van der Waals surface area contributed by atoms with E-state index in [1.807, 2.05) is 30.3 Å². The molecule has 6 heteroatoms. The molecule has 0 aliphatic rings. The maximum atomic E-state index is 12.6. The number of methoxy groups -OCH3 is 1. The van der Waals surface area contributed by atoms with Gasteiger partial charge in [0.15, 0.2) is 6.10 Å². The van der Waals surface area contributed by atoms with Gasteiger partial charge in [0.25, 0.3) is 11.8 Å². The van der Waals surface area contributed by atoms with Gasteiger partial charge < -0.3 is 20.1 Å². The van der Waals surface area contributed by atoms with Crippen LogP contribution in [0.5, 0.6) is 11.5 Å². The van der Waals surface area contributed by atoms with E-state index in [4.69, 9.17) is 9.47 Å². The topological polar surface area (TPSA) is 76.7 Å². The fourth-order valence-corrected chi connectivity index (χ4v) is 2.83. The molecule has 1 atom stereocenters. The number of para-hydroxylation sites is 1. The molecule has 0 aromatic heterocycles. The molecule has 30 heavy (non-hydrogen) atoms. The number of nitrogens with one attached hydrogen (secondary N) is 2. The van der Waals surface area contributed by atoms with Crippen molar-refractivity contribution >= 4 is 17.5 Å². The van der Waals surface area contributed by atoms with Crippen molar-refractivity contribution in [2.45, 2.75) is 19.6 Å². The van der Waals surface area contributed by atoms with Crippen LogP contribution in [0.4, 0.5) is 5.69 Å². The van der Waals surface area contributed by atoms with Gasteiger partial charge in [-0.2, -0.15) is 0 Å². The van der Waals surface area contributed by atoms with Gasteiger partial charge in [0.2, 0.25) is 0 Å². The fraction of sp³-hybridized carbons (Fsp3) is 0.167. The van der Waals surface area contributed by atoms with Crippen LogP contribution in [0.2, 0.25) is 0 Å². The van der Waals surface area contributed by atoms with Crippen molar-refractivity contribution in [1.29, 1.82) is 0 Å². The molecule has 0 saturated carbocycles. The Kier molecular flexibility index (Phi) is 7.05. The fourth-order valence-electron chi connectivity index (χ4n) is 2.83. The van der Waals surface area contributed by atoms with Crippen molar-refractivity contribution in [2.24, 2.45) is 0 Å². The van der Waals surface area contributed by atoms with E-state index in [-0.39, 0.29) is 11.8 Å². The first-order valence-electron chi connectivity index (χ1n) is 9.59. The molecular formula is C24H24N2O4. The van der Waals surface area contributed by atoms with Crippen LogP contribution in [0.15, 0.2) is 78.9 Å². The summed E-state index contributed by atoms with van der Waals surface area (Å²) in [6.07, 6.45) is -0.766. The molecule has 0 aliphatic carbocycles. The molecular weight excluding hydrogens is 380 g/mol. The van der Waals surface area contributed by atoms with Crippen LogP contribution in [0, 0.1) is 0 Å². The van der Waals surface area contributed by atoms with Gasteiger partial charge in [0.1, 0.15) is 11.5 Å². The van der Waals surface area contributed by atoms with Gasteiger partial charge in [-0.1, -0.05) is 48.5 Å². The Hall–Kier alpha value is -3.80. The third-order valence-corrected chi connectivity index (χ3v) is 4.45. The van der Waals surface area contributed by atoms with Crippen molar-refractivity contribution < 1.29 is 19.1 Å². The first-order valence-corrected chi connectivity index (χ1v) is 9.59. The quantitative estimate of drug-likeness (QED) is 0.594. The third-order valence-electron chi connectivity index (χ3n) is 4.45. The van der Waals surface area contributed by atoms with Crippen LogP contribution in [0.25, 0.3) is 0 Å². The van der Waals surface area contributed by atoms with Crippen molar-refractivity contribution in [3.63, 3.8) is 0 Å². The second-order valence-corrected chi connectivity index (χ2v) is 6.64. The number of amides is 2.